The van der Waals surface area contributed by atoms with E-state index in [4.69, 9.17) is 0 Å². The van der Waals surface area contributed by atoms with Crippen LogP contribution in [0.25, 0.3) is 6.08 Å². The first-order valence-corrected chi connectivity index (χ1v) is 4.86. The van der Waals surface area contributed by atoms with Gasteiger partial charge in [0.05, 0.1) is 0 Å². The predicted molar refractivity (Wildman–Crippen MR) is 54.6 cm³/mol. The lowest BCUT2D eigenvalue weighted by atomic mass is 10.1. The summed E-state index contributed by atoms with van der Waals surface area (Å²) in [6.45, 7) is 0. The largest absolute Gasteiger partial charge is 0.298 e. The number of alkyl halides is 1. The summed E-state index contributed by atoms with van der Waals surface area (Å²) in [7, 11) is 0. The molecule has 0 amide bonds. The van der Waals surface area contributed by atoms with Gasteiger partial charge in [-0.2, -0.15) is 0 Å². The van der Waals surface area contributed by atoms with E-state index in [9.17, 15) is 9.18 Å². The SMILES string of the molecule is O=Cc1cc(F)cc(C=CCBr)c1. The molecule has 0 N–H and O–H groups in total. The quantitative estimate of drug-likeness (QED) is 0.589. The fourth-order valence-electron chi connectivity index (χ4n) is 0.981. The number of benzene rings is 1. The Balaban J connectivity index is 3.01. The Morgan fingerprint density at radius 2 is 2.00 bits per heavy atom. The lowest BCUT2D eigenvalue weighted by molar-refractivity contribution is 0.112. The van der Waals surface area contributed by atoms with Crippen molar-refractivity contribution in [2.45, 2.75) is 0 Å². The van der Waals surface area contributed by atoms with E-state index in [1.54, 1.807) is 12.1 Å². The Morgan fingerprint density at radius 1 is 1.31 bits per heavy atom. The molecule has 0 radical (unpaired) electrons. The van der Waals surface area contributed by atoms with E-state index in [1.807, 2.05) is 6.08 Å². The van der Waals surface area contributed by atoms with Crippen LogP contribution in [0.5, 0.6) is 0 Å². The van der Waals surface area contributed by atoms with Gasteiger partial charge in [0.1, 0.15) is 12.1 Å². The Bertz CT molecular complexity index is 334. The maximum Gasteiger partial charge on any atom is 0.150 e. The molecule has 1 rings (SSSR count). The third kappa shape index (κ3) is 3.11. The second-order valence-corrected chi connectivity index (χ2v) is 3.14. The van der Waals surface area contributed by atoms with Crippen molar-refractivity contribution in [2.24, 2.45) is 0 Å². The minimum Gasteiger partial charge on any atom is -0.298 e. The van der Waals surface area contributed by atoms with E-state index in [0.717, 1.165) is 0 Å². The molecular weight excluding hydrogens is 235 g/mol. The van der Waals surface area contributed by atoms with Crippen LogP contribution in [0, 0.1) is 5.82 Å². The standard InChI is InChI=1S/C10H8BrFO/c11-3-1-2-8-4-9(7-13)6-10(12)5-8/h1-2,4-7H,3H2. The smallest absolute Gasteiger partial charge is 0.150 e. The molecule has 0 fully saturated rings. The lowest BCUT2D eigenvalue weighted by Gasteiger charge is -1.95. The van der Waals surface area contributed by atoms with Gasteiger partial charge < -0.3 is 0 Å². The van der Waals surface area contributed by atoms with Crippen molar-refractivity contribution in [3.05, 3.63) is 41.2 Å². The van der Waals surface area contributed by atoms with Crippen LogP contribution < -0.4 is 0 Å². The van der Waals surface area contributed by atoms with Crippen LogP contribution in [0.1, 0.15) is 15.9 Å². The van der Waals surface area contributed by atoms with Crippen LogP contribution >= 0.6 is 15.9 Å². The van der Waals surface area contributed by atoms with Crippen molar-refractivity contribution >= 4 is 28.3 Å². The van der Waals surface area contributed by atoms with Crippen LogP contribution in [0.2, 0.25) is 0 Å². The van der Waals surface area contributed by atoms with Crippen LogP contribution in [0.3, 0.4) is 0 Å². The Hall–Kier alpha value is -0.960. The highest BCUT2D eigenvalue weighted by atomic mass is 79.9. The summed E-state index contributed by atoms with van der Waals surface area (Å²) in [5.74, 6) is -0.390. The molecule has 1 nitrogen and oxygen atoms in total. The summed E-state index contributed by atoms with van der Waals surface area (Å²) in [6.07, 6.45) is 4.22. The van der Waals surface area contributed by atoms with Crippen LogP contribution in [-0.4, -0.2) is 11.6 Å². The van der Waals surface area contributed by atoms with Gasteiger partial charge in [0, 0.05) is 10.9 Å². The van der Waals surface area contributed by atoms with E-state index < -0.39 is 0 Å². The van der Waals surface area contributed by atoms with Gasteiger partial charge in [0.25, 0.3) is 0 Å². The molecule has 0 saturated carbocycles. The molecule has 0 heterocycles. The lowest BCUT2D eigenvalue weighted by Crippen LogP contribution is -1.84. The predicted octanol–water partition coefficient (Wildman–Crippen LogP) is 3.05. The molecule has 0 bridgehead atoms. The summed E-state index contributed by atoms with van der Waals surface area (Å²) >= 11 is 3.21. The second kappa shape index (κ2) is 4.92. The molecule has 68 valence electrons. The molecule has 0 aliphatic heterocycles. The van der Waals surface area contributed by atoms with Gasteiger partial charge in [-0.25, -0.2) is 4.39 Å². The number of hydrogen-bond acceptors (Lipinski definition) is 1. The molecule has 0 spiro atoms. The number of hydrogen-bond donors (Lipinski definition) is 0. The van der Waals surface area contributed by atoms with Gasteiger partial charge in [0.2, 0.25) is 0 Å². The zero-order chi connectivity index (χ0) is 9.68. The summed E-state index contributed by atoms with van der Waals surface area (Å²) in [4.78, 5) is 10.4. The summed E-state index contributed by atoms with van der Waals surface area (Å²) < 4.78 is 12.8. The highest BCUT2D eigenvalue weighted by Gasteiger charge is 1.96. The highest BCUT2D eigenvalue weighted by Crippen LogP contribution is 2.09. The van der Waals surface area contributed by atoms with Crippen molar-refractivity contribution in [1.29, 1.82) is 0 Å². The van der Waals surface area contributed by atoms with Gasteiger partial charge in [0.15, 0.2) is 0 Å². The summed E-state index contributed by atoms with van der Waals surface area (Å²) in [5, 5.41) is 0.708. The first-order valence-electron chi connectivity index (χ1n) is 3.74. The van der Waals surface area contributed by atoms with Gasteiger partial charge in [-0.1, -0.05) is 28.1 Å². The normalized spacial score (nSPS) is 10.6. The first-order chi connectivity index (χ1) is 6.26. The van der Waals surface area contributed by atoms with E-state index >= 15 is 0 Å². The number of allylic oxidation sites excluding steroid dienone is 1. The molecule has 0 unspecified atom stereocenters. The Labute approximate surface area is 84.4 Å². The first kappa shape index (κ1) is 10.1. The van der Waals surface area contributed by atoms with Gasteiger partial charge in [-0.15, -0.1) is 0 Å². The fraction of sp³-hybridized carbons (Fsp3) is 0.100. The molecule has 13 heavy (non-hydrogen) atoms. The average molecular weight is 243 g/mol. The number of aldehydes is 1. The summed E-state index contributed by atoms with van der Waals surface area (Å²) in [5.41, 5.74) is 1.05. The van der Waals surface area contributed by atoms with Gasteiger partial charge in [-0.05, 0) is 23.8 Å². The third-order valence-electron chi connectivity index (χ3n) is 1.48. The molecule has 0 aliphatic carbocycles. The minimum absolute atomic E-state index is 0.356. The number of halogens is 2. The third-order valence-corrected chi connectivity index (χ3v) is 1.85. The number of carbonyl (C=O) groups is 1. The zero-order valence-electron chi connectivity index (χ0n) is 6.84. The summed E-state index contributed by atoms with van der Waals surface area (Å²) in [6, 6.07) is 4.22. The van der Waals surface area contributed by atoms with Gasteiger partial charge in [-0.3, -0.25) is 4.79 Å². The highest BCUT2D eigenvalue weighted by molar-refractivity contribution is 9.09. The fourth-order valence-corrected chi connectivity index (χ4v) is 1.17. The monoisotopic (exact) mass is 242 g/mol. The molecule has 3 heteroatoms. The van der Waals surface area contributed by atoms with Crippen molar-refractivity contribution in [1.82, 2.24) is 0 Å². The molecular formula is C10H8BrFO. The molecule has 0 aromatic heterocycles. The number of rotatable bonds is 3. The molecule has 0 aliphatic rings. The molecule has 0 atom stereocenters. The van der Waals surface area contributed by atoms with Crippen LogP contribution in [0.15, 0.2) is 24.3 Å². The van der Waals surface area contributed by atoms with E-state index in [2.05, 4.69) is 15.9 Å². The number of carbonyl (C=O) groups excluding carboxylic acids is 1. The molecule has 1 aromatic rings. The maximum atomic E-state index is 12.8. The van der Waals surface area contributed by atoms with Crippen molar-refractivity contribution in [3.8, 4) is 0 Å². The van der Waals surface area contributed by atoms with Crippen LogP contribution in [0.4, 0.5) is 4.39 Å². The van der Waals surface area contributed by atoms with Gasteiger partial charge >= 0.3 is 0 Å². The second-order valence-electron chi connectivity index (χ2n) is 2.49. The maximum absolute atomic E-state index is 12.8. The van der Waals surface area contributed by atoms with Crippen molar-refractivity contribution in [2.75, 3.05) is 5.33 Å². The van der Waals surface area contributed by atoms with Crippen molar-refractivity contribution < 1.29 is 9.18 Å². The molecule has 0 saturated heterocycles. The topological polar surface area (TPSA) is 17.1 Å². The van der Waals surface area contributed by atoms with E-state index in [-0.39, 0.29) is 5.82 Å². The Morgan fingerprint density at radius 3 is 2.62 bits per heavy atom. The zero-order valence-corrected chi connectivity index (χ0v) is 8.42. The molecule has 1 aromatic carbocycles. The Kier molecular flexibility index (Phi) is 3.83. The average Bonchev–Trinajstić information content (AvgIpc) is 2.14. The van der Waals surface area contributed by atoms with E-state index in [1.165, 1.54) is 12.1 Å². The van der Waals surface area contributed by atoms with Crippen LogP contribution in [-0.2, 0) is 0 Å². The van der Waals surface area contributed by atoms with E-state index in [0.29, 0.717) is 22.7 Å². The minimum atomic E-state index is -0.390. The van der Waals surface area contributed by atoms with Crippen molar-refractivity contribution in [3.63, 3.8) is 0 Å².